The second-order valence-corrected chi connectivity index (χ2v) is 4.59. The van der Waals surface area contributed by atoms with Gasteiger partial charge in [0.15, 0.2) is 5.69 Å². The Morgan fingerprint density at radius 1 is 1.62 bits per heavy atom. The van der Waals surface area contributed by atoms with Crippen LogP contribution in [0.15, 0.2) is 5.38 Å². The molecule has 16 heavy (non-hydrogen) atoms. The Labute approximate surface area is 98.4 Å². The van der Waals surface area contributed by atoms with E-state index in [0.717, 1.165) is 37.7 Å². The zero-order valence-electron chi connectivity index (χ0n) is 9.23. The molecular formula is C10H15N3O2S. The van der Waals surface area contributed by atoms with Crippen molar-refractivity contribution in [3.63, 3.8) is 0 Å². The summed E-state index contributed by atoms with van der Waals surface area (Å²) in [7, 11) is 1.37. The molecule has 0 spiro atoms. The van der Waals surface area contributed by atoms with E-state index in [4.69, 9.17) is 0 Å². The van der Waals surface area contributed by atoms with Crippen LogP contribution in [0, 0.1) is 0 Å². The fraction of sp³-hybridized carbons (Fsp3) is 0.600. The molecule has 0 amide bonds. The Morgan fingerprint density at radius 2 is 2.38 bits per heavy atom. The third kappa shape index (κ3) is 2.78. The van der Waals surface area contributed by atoms with Crippen molar-refractivity contribution in [2.45, 2.75) is 6.54 Å². The van der Waals surface area contributed by atoms with Crippen molar-refractivity contribution in [1.82, 2.24) is 15.2 Å². The molecule has 0 aliphatic carbocycles. The molecule has 0 bridgehead atoms. The van der Waals surface area contributed by atoms with Crippen LogP contribution in [-0.2, 0) is 11.3 Å². The van der Waals surface area contributed by atoms with Crippen LogP contribution in [0.25, 0.3) is 0 Å². The van der Waals surface area contributed by atoms with Crippen LogP contribution in [-0.4, -0.2) is 49.1 Å². The van der Waals surface area contributed by atoms with Gasteiger partial charge in [-0.2, -0.15) is 0 Å². The van der Waals surface area contributed by atoms with E-state index in [1.54, 1.807) is 5.38 Å². The monoisotopic (exact) mass is 241 g/mol. The topological polar surface area (TPSA) is 54.5 Å². The van der Waals surface area contributed by atoms with Crippen LogP contribution in [0.2, 0.25) is 0 Å². The first kappa shape index (κ1) is 11.5. The van der Waals surface area contributed by atoms with Crippen molar-refractivity contribution < 1.29 is 9.53 Å². The second kappa shape index (κ2) is 5.38. The number of rotatable bonds is 3. The maximum absolute atomic E-state index is 11.2. The molecule has 1 N–H and O–H groups in total. The van der Waals surface area contributed by atoms with E-state index in [1.165, 1.54) is 18.4 Å². The van der Waals surface area contributed by atoms with Crippen LogP contribution in [0.3, 0.4) is 0 Å². The molecule has 1 aliphatic heterocycles. The predicted molar refractivity (Wildman–Crippen MR) is 61.6 cm³/mol. The molecule has 0 radical (unpaired) electrons. The van der Waals surface area contributed by atoms with Crippen LogP contribution in [0.4, 0.5) is 0 Å². The van der Waals surface area contributed by atoms with Crippen LogP contribution < -0.4 is 5.32 Å². The van der Waals surface area contributed by atoms with Gasteiger partial charge in [-0.1, -0.05) is 0 Å². The third-order valence-corrected chi connectivity index (χ3v) is 3.35. The highest BCUT2D eigenvalue weighted by atomic mass is 32.1. The maximum Gasteiger partial charge on any atom is 0.357 e. The summed E-state index contributed by atoms with van der Waals surface area (Å²) in [5.74, 6) is -0.359. The number of thiazole rings is 1. The van der Waals surface area contributed by atoms with Gasteiger partial charge in [-0.25, -0.2) is 9.78 Å². The summed E-state index contributed by atoms with van der Waals surface area (Å²) in [6.07, 6.45) is 0. The van der Waals surface area contributed by atoms with Crippen molar-refractivity contribution in [3.8, 4) is 0 Å². The van der Waals surface area contributed by atoms with E-state index in [1.807, 2.05) is 0 Å². The first-order chi connectivity index (χ1) is 7.79. The quantitative estimate of drug-likeness (QED) is 0.773. The Kier molecular flexibility index (Phi) is 3.87. The van der Waals surface area contributed by atoms with Crippen LogP contribution >= 0.6 is 11.3 Å². The molecule has 0 saturated carbocycles. The van der Waals surface area contributed by atoms with Crippen molar-refractivity contribution >= 4 is 17.3 Å². The summed E-state index contributed by atoms with van der Waals surface area (Å²) in [6.45, 7) is 4.94. The van der Waals surface area contributed by atoms with Gasteiger partial charge in [-0.05, 0) is 0 Å². The minimum Gasteiger partial charge on any atom is -0.464 e. The molecule has 1 aliphatic rings. The van der Waals surface area contributed by atoms with Gasteiger partial charge in [0.2, 0.25) is 0 Å². The number of esters is 1. The maximum atomic E-state index is 11.2. The van der Waals surface area contributed by atoms with Gasteiger partial charge in [0.25, 0.3) is 0 Å². The highest BCUT2D eigenvalue weighted by Gasteiger charge is 2.14. The summed E-state index contributed by atoms with van der Waals surface area (Å²) < 4.78 is 4.62. The fourth-order valence-corrected chi connectivity index (χ4v) is 2.45. The molecule has 1 saturated heterocycles. The molecule has 2 heterocycles. The Bertz CT molecular complexity index is 361. The van der Waals surface area contributed by atoms with Gasteiger partial charge < -0.3 is 10.1 Å². The lowest BCUT2D eigenvalue weighted by Gasteiger charge is -2.26. The standard InChI is InChI=1S/C10H15N3O2S/c1-15-10(14)8-7-16-9(12-8)6-13-4-2-11-3-5-13/h7,11H,2-6H2,1H3. The molecule has 0 atom stereocenters. The van der Waals surface area contributed by atoms with Gasteiger partial charge >= 0.3 is 5.97 Å². The molecular weight excluding hydrogens is 226 g/mol. The zero-order chi connectivity index (χ0) is 11.4. The normalized spacial score (nSPS) is 17.3. The average Bonchev–Trinajstić information content (AvgIpc) is 2.78. The molecule has 6 heteroatoms. The average molecular weight is 241 g/mol. The number of piperazine rings is 1. The minimum atomic E-state index is -0.359. The van der Waals surface area contributed by atoms with Crippen molar-refractivity contribution in [3.05, 3.63) is 16.1 Å². The molecule has 1 aromatic heterocycles. The molecule has 1 aromatic rings. The van der Waals surface area contributed by atoms with E-state index in [-0.39, 0.29) is 5.97 Å². The first-order valence-corrected chi connectivity index (χ1v) is 6.13. The number of ether oxygens (including phenoxy) is 1. The number of nitrogens with one attached hydrogen (secondary N) is 1. The largest absolute Gasteiger partial charge is 0.464 e. The first-order valence-electron chi connectivity index (χ1n) is 5.25. The number of carbonyl (C=O) groups is 1. The SMILES string of the molecule is COC(=O)c1csc(CN2CCNCC2)n1. The third-order valence-electron chi connectivity index (χ3n) is 2.51. The fourth-order valence-electron chi connectivity index (χ4n) is 1.64. The van der Waals surface area contributed by atoms with Crippen LogP contribution in [0.5, 0.6) is 0 Å². The summed E-state index contributed by atoms with van der Waals surface area (Å²) in [5, 5.41) is 6.03. The van der Waals surface area contributed by atoms with E-state index < -0.39 is 0 Å². The minimum absolute atomic E-state index is 0.359. The highest BCUT2D eigenvalue weighted by Crippen LogP contribution is 2.13. The lowest BCUT2D eigenvalue weighted by atomic mass is 10.3. The lowest BCUT2D eigenvalue weighted by Crippen LogP contribution is -2.42. The number of aromatic nitrogens is 1. The van der Waals surface area contributed by atoms with Gasteiger partial charge in [0.05, 0.1) is 13.7 Å². The summed E-state index contributed by atoms with van der Waals surface area (Å²) in [5.41, 5.74) is 0.414. The molecule has 0 unspecified atom stereocenters. The molecule has 0 aromatic carbocycles. The van der Waals surface area contributed by atoms with E-state index in [9.17, 15) is 4.79 Å². The predicted octanol–water partition coefficient (Wildman–Crippen LogP) is 0.335. The number of carbonyl (C=O) groups excluding carboxylic acids is 1. The van der Waals surface area contributed by atoms with Gasteiger partial charge in [0.1, 0.15) is 5.01 Å². The molecule has 5 nitrogen and oxygen atoms in total. The zero-order valence-corrected chi connectivity index (χ0v) is 10.0. The number of hydrogen-bond donors (Lipinski definition) is 1. The van der Waals surface area contributed by atoms with E-state index in [0.29, 0.717) is 5.69 Å². The van der Waals surface area contributed by atoms with Gasteiger partial charge in [-0.3, -0.25) is 4.90 Å². The van der Waals surface area contributed by atoms with Crippen molar-refractivity contribution in [1.29, 1.82) is 0 Å². The van der Waals surface area contributed by atoms with Gasteiger partial charge in [0, 0.05) is 31.6 Å². The van der Waals surface area contributed by atoms with E-state index >= 15 is 0 Å². The lowest BCUT2D eigenvalue weighted by molar-refractivity contribution is 0.0594. The van der Waals surface area contributed by atoms with Crippen molar-refractivity contribution in [2.75, 3.05) is 33.3 Å². The Morgan fingerprint density at radius 3 is 3.06 bits per heavy atom. The molecule has 88 valence electrons. The number of hydrogen-bond acceptors (Lipinski definition) is 6. The van der Waals surface area contributed by atoms with Crippen molar-refractivity contribution in [2.24, 2.45) is 0 Å². The number of methoxy groups -OCH3 is 1. The smallest absolute Gasteiger partial charge is 0.357 e. The summed E-state index contributed by atoms with van der Waals surface area (Å²) in [6, 6.07) is 0. The molecule has 1 fully saturated rings. The Balaban J connectivity index is 1.94. The summed E-state index contributed by atoms with van der Waals surface area (Å²) in [4.78, 5) is 17.8. The highest BCUT2D eigenvalue weighted by molar-refractivity contribution is 7.09. The Hall–Kier alpha value is -0.980. The molecule has 2 rings (SSSR count). The van der Waals surface area contributed by atoms with E-state index in [2.05, 4.69) is 19.9 Å². The van der Waals surface area contributed by atoms with Crippen LogP contribution in [0.1, 0.15) is 15.5 Å². The van der Waals surface area contributed by atoms with Gasteiger partial charge in [-0.15, -0.1) is 11.3 Å². The second-order valence-electron chi connectivity index (χ2n) is 3.64. The number of nitrogens with zero attached hydrogens (tertiary/aromatic N) is 2. The summed E-state index contributed by atoms with van der Waals surface area (Å²) >= 11 is 1.51.